The molecule has 1 amide bonds. The molecule has 1 aromatic heterocycles. The molecule has 2 aliphatic heterocycles. The van der Waals surface area contributed by atoms with Gasteiger partial charge >= 0.3 is 0 Å². The van der Waals surface area contributed by atoms with Crippen molar-refractivity contribution >= 4 is 28.7 Å². The molecule has 5 nitrogen and oxygen atoms in total. The number of alkyl halides is 2. The molecular formula is C22H30F2N4OS. The standard InChI is InChI=1S/C22H30F2N4OS/c1-16-8-11-26(12-9-16)13-17-5-4-10-27(14-17)20(29)15-28-19-7-3-2-6-18(19)25-22(28)30-21(23)24/h2-3,6-7,16-17,21H,4-5,8-15H2,1H3. The number of piperidine rings is 2. The number of carbonyl (C=O) groups excluding carboxylic acids is 1. The first-order valence-electron chi connectivity index (χ1n) is 10.9. The summed E-state index contributed by atoms with van der Waals surface area (Å²) in [5, 5.41) is 0.204. The van der Waals surface area contributed by atoms with Gasteiger partial charge in [0.2, 0.25) is 5.91 Å². The Bertz CT molecular complexity index is 866. The number of likely N-dealkylation sites (tertiary alicyclic amines) is 2. The number of nitrogens with zero attached hydrogens (tertiary/aromatic N) is 4. The fraction of sp³-hybridized carbons (Fsp3) is 0.636. The van der Waals surface area contributed by atoms with E-state index in [0.29, 0.717) is 23.2 Å². The van der Waals surface area contributed by atoms with E-state index in [0.717, 1.165) is 57.0 Å². The van der Waals surface area contributed by atoms with E-state index >= 15 is 0 Å². The molecule has 0 spiro atoms. The third-order valence-corrected chi connectivity index (χ3v) is 7.07. The minimum absolute atomic E-state index is 0.00812. The number of imidazole rings is 1. The highest BCUT2D eigenvalue weighted by Gasteiger charge is 2.27. The van der Waals surface area contributed by atoms with Crippen LogP contribution in [-0.4, -0.2) is 63.7 Å². The molecular weight excluding hydrogens is 406 g/mol. The highest BCUT2D eigenvalue weighted by atomic mass is 32.2. The molecule has 8 heteroatoms. The maximum absolute atomic E-state index is 13.1. The third-order valence-electron chi connectivity index (χ3n) is 6.37. The van der Waals surface area contributed by atoms with Crippen molar-refractivity contribution in [2.45, 2.75) is 50.1 Å². The molecule has 1 unspecified atom stereocenters. The molecule has 30 heavy (non-hydrogen) atoms. The van der Waals surface area contributed by atoms with Gasteiger partial charge in [-0.15, -0.1) is 0 Å². The van der Waals surface area contributed by atoms with Gasteiger partial charge in [-0.1, -0.05) is 19.1 Å². The maximum atomic E-state index is 13.1. The summed E-state index contributed by atoms with van der Waals surface area (Å²) in [5.41, 5.74) is 1.37. The third kappa shape index (κ3) is 5.14. The Morgan fingerprint density at radius 2 is 1.97 bits per heavy atom. The fourth-order valence-corrected chi connectivity index (χ4v) is 5.26. The van der Waals surface area contributed by atoms with Crippen LogP contribution >= 0.6 is 11.8 Å². The number of hydrogen-bond donors (Lipinski definition) is 0. The lowest BCUT2D eigenvalue weighted by Gasteiger charge is -2.38. The molecule has 0 N–H and O–H groups in total. The molecule has 0 bridgehead atoms. The molecule has 2 saturated heterocycles. The number of hydrogen-bond acceptors (Lipinski definition) is 4. The summed E-state index contributed by atoms with van der Waals surface area (Å²) in [7, 11) is 0. The van der Waals surface area contributed by atoms with E-state index < -0.39 is 5.76 Å². The zero-order valence-electron chi connectivity index (χ0n) is 17.5. The Kier molecular flexibility index (Phi) is 6.93. The van der Waals surface area contributed by atoms with Gasteiger partial charge in [0.25, 0.3) is 5.76 Å². The molecule has 1 aromatic carbocycles. The highest BCUT2D eigenvalue weighted by molar-refractivity contribution is 7.99. The summed E-state index contributed by atoms with van der Waals surface area (Å²) >= 11 is 0.405. The van der Waals surface area contributed by atoms with Crippen LogP contribution in [0.4, 0.5) is 8.78 Å². The van der Waals surface area contributed by atoms with Crippen molar-refractivity contribution in [2.24, 2.45) is 11.8 Å². The molecule has 3 heterocycles. The van der Waals surface area contributed by atoms with Crippen LogP contribution in [0.5, 0.6) is 0 Å². The van der Waals surface area contributed by atoms with Crippen LogP contribution < -0.4 is 0 Å². The van der Waals surface area contributed by atoms with Gasteiger partial charge < -0.3 is 14.4 Å². The Balaban J connectivity index is 1.42. The number of rotatable bonds is 6. The van der Waals surface area contributed by atoms with Gasteiger partial charge in [-0.05, 0) is 74.5 Å². The summed E-state index contributed by atoms with van der Waals surface area (Å²) in [4.78, 5) is 21.9. The van der Waals surface area contributed by atoms with E-state index in [1.165, 1.54) is 12.8 Å². The lowest BCUT2D eigenvalue weighted by molar-refractivity contribution is -0.133. The fourth-order valence-electron chi connectivity index (χ4n) is 4.66. The summed E-state index contributed by atoms with van der Waals surface area (Å²) < 4.78 is 27.7. The van der Waals surface area contributed by atoms with Crippen molar-refractivity contribution in [3.63, 3.8) is 0 Å². The number of benzene rings is 1. The number of fused-ring (bicyclic) bond motifs is 1. The normalized spacial score (nSPS) is 21.6. The van der Waals surface area contributed by atoms with Crippen LogP contribution in [0, 0.1) is 11.8 Å². The van der Waals surface area contributed by atoms with E-state index in [2.05, 4.69) is 16.8 Å². The number of para-hydroxylation sites is 2. The van der Waals surface area contributed by atoms with Gasteiger partial charge in [0.1, 0.15) is 6.54 Å². The van der Waals surface area contributed by atoms with Gasteiger partial charge in [0.15, 0.2) is 5.16 Å². The molecule has 2 fully saturated rings. The van der Waals surface area contributed by atoms with Crippen LogP contribution in [0.2, 0.25) is 0 Å². The van der Waals surface area contributed by atoms with Crippen molar-refractivity contribution in [1.29, 1.82) is 0 Å². The van der Waals surface area contributed by atoms with Crippen LogP contribution in [0.15, 0.2) is 29.4 Å². The average Bonchev–Trinajstić information content (AvgIpc) is 3.06. The SMILES string of the molecule is CC1CCN(CC2CCCN(C(=O)Cn3c(SC(F)F)nc4ccccc43)C2)CC1. The first kappa shape index (κ1) is 21.6. The van der Waals surface area contributed by atoms with Crippen LogP contribution in [0.3, 0.4) is 0 Å². The quantitative estimate of drug-likeness (QED) is 0.633. The Morgan fingerprint density at radius 3 is 2.73 bits per heavy atom. The number of thioether (sulfide) groups is 1. The topological polar surface area (TPSA) is 41.4 Å². The van der Waals surface area contributed by atoms with Crippen molar-refractivity contribution < 1.29 is 13.6 Å². The highest BCUT2D eigenvalue weighted by Crippen LogP contribution is 2.29. The Hall–Kier alpha value is -1.67. The molecule has 2 aromatic rings. The summed E-state index contributed by atoms with van der Waals surface area (Å²) in [6.45, 7) is 7.24. The molecule has 1 atom stereocenters. The second-order valence-electron chi connectivity index (χ2n) is 8.68. The summed E-state index contributed by atoms with van der Waals surface area (Å²) in [6, 6.07) is 7.30. The number of amides is 1. The van der Waals surface area contributed by atoms with Gasteiger partial charge in [0, 0.05) is 19.6 Å². The minimum Gasteiger partial charge on any atom is -0.341 e. The smallest absolute Gasteiger partial charge is 0.291 e. The van der Waals surface area contributed by atoms with E-state index in [1.807, 2.05) is 23.1 Å². The van der Waals surface area contributed by atoms with Gasteiger partial charge in [0.05, 0.1) is 11.0 Å². The Morgan fingerprint density at radius 1 is 1.20 bits per heavy atom. The molecule has 0 aliphatic carbocycles. The molecule has 0 saturated carbocycles. The zero-order chi connectivity index (χ0) is 21.1. The number of aromatic nitrogens is 2. The first-order valence-corrected chi connectivity index (χ1v) is 11.8. The second kappa shape index (κ2) is 9.64. The van der Waals surface area contributed by atoms with Crippen molar-refractivity contribution in [1.82, 2.24) is 19.4 Å². The molecule has 4 rings (SSSR count). The largest absolute Gasteiger partial charge is 0.341 e. The molecule has 0 radical (unpaired) electrons. The first-order chi connectivity index (χ1) is 14.5. The van der Waals surface area contributed by atoms with Gasteiger partial charge in [-0.3, -0.25) is 4.79 Å². The minimum atomic E-state index is -2.57. The van der Waals surface area contributed by atoms with Crippen LogP contribution in [-0.2, 0) is 11.3 Å². The predicted octanol–water partition coefficient (Wildman–Crippen LogP) is 4.32. The molecule has 164 valence electrons. The number of halogens is 2. The van der Waals surface area contributed by atoms with Crippen LogP contribution in [0.1, 0.15) is 32.6 Å². The predicted molar refractivity (Wildman–Crippen MR) is 116 cm³/mol. The lowest BCUT2D eigenvalue weighted by Crippen LogP contribution is -2.46. The Labute approximate surface area is 180 Å². The van der Waals surface area contributed by atoms with Gasteiger partial charge in [-0.25, -0.2) is 4.98 Å². The molecule has 2 aliphatic rings. The number of carbonyl (C=O) groups is 1. The zero-order valence-corrected chi connectivity index (χ0v) is 18.3. The van der Waals surface area contributed by atoms with Crippen molar-refractivity contribution in [3.05, 3.63) is 24.3 Å². The average molecular weight is 437 g/mol. The summed E-state index contributed by atoms with van der Waals surface area (Å²) in [5.74, 6) is -1.27. The van der Waals surface area contributed by atoms with E-state index in [1.54, 1.807) is 10.6 Å². The second-order valence-corrected chi connectivity index (χ2v) is 9.64. The van der Waals surface area contributed by atoms with E-state index in [9.17, 15) is 13.6 Å². The van der Waals surface area contributed by atoms with Crippen molar-refractivity contribution in [2.75, 3.05) is 32.7 Å². The van der Waals surface area contributed by atoms with E-state index in [4.69, 9.17) is 0 Å². The monoisotopic (exact) mass is 436 g/mol. The van der Waals surface area contributed by atoms with E-state index in [-0.39, 0.29) is 17.6 Å². The van der Waals surface area contributed by atoms with Crippen molar-refractivity contribution in [3.8, 4) is 0 Å². The summed E-state index contributed by atoms with van der Waals surface area (Å²) in [6.07, 6.45) is 4.67. The van der Waals surface area contributed by atoms with Gasteiger partial charge in [-0.2, -0.15) is 8.78 Å². The lowest BCUT2D eigenvalue weighted by atomic mass is 9.94. The van der Waals surface area contributed by atoms with Crippen LogP contribution in [0.25, 0.3) is 11.0 Å². The maximum Gasteiger partial charge on any atom is 0.291 e.